The van der Waals surface area contributed by atoms with Crippen LogP contribution in [0.25, 0.3) is 0 Å². The van der Waals surface area contributed by atoms with E-state index in [-0.39, 0.29) is 6.04 Å². The second kappa shape index (κ2) is 6.29. The summed E-state index contributed by atoms with van der Waals surface area (Å²) in [5.74, 6) is 0.701. The van der Waals surface area contributed by atoms with E-state index in [2.05, 4.69) is 43.4 Å². The van der Waals surface area contributed by atoms with Crippen LogP contribution in [-0.4, -0.2) is 14.2 Å². The zero-order valence-corrected chi connectivity index (χ0v) is 13.1. The van der Waals surface area contributed by atoms with Gasteiger partial charge in [-0.3, -0.25) is 0 Å². The van der Waals surface area contributed by atoms with Gasteiger partial charge in [-0.2, -0.15) is 0 Å². The van der Waals surface area contributed by atoms with E-state index in [0.29, 0.717) is 10.8 Å². The average molecular weight is 290 g/mol. The Hall–Kier alpha value is -1.51. The summed E-state index contributed by atoms with van der Waals surface area (Å²) in [5.41, 5.74) is 4.99. The van der Waals surface area contributed by atoms with Crippen LogP contribution in [0.5, 0.6) is 5.75 Å². The highest BCUT2D eigenvalue weighted by atomic mass is 35.5. The fraction of sp³-hybridized carbons (Fsp3) is 0.294. The summed E-state index contributed by atoms with van der Waals surface area (Å²) < 4.78 is 5.21. The number of hydrogen-bond acceptors (Lipinski definition) is 2. The summed E-state index contributed by atoms with van der Waals surface area (Å²) in [6.07, 6.45) is 0. The monoisotopic (exact) mass is 289 g/mol. The molecule has 0 aliphatic rings. The van der Waals surface area contributed by atoms with E-state index in [1.54, 1.807) is 7.11 Å². The van der Waals surface area contributed by atoms with E-state index in [1.165, 1.54) is 16.7 Å². The lowest BCUT2D eigenvalue weighted by Crippen LogP contribution is -2.19. The van der Waals surface area contributed by atoms with E-state index in [9.17, 15) is 0 Å². The van der Waals surface area contributed by atoms with Crippen molar-refractivity contribution < 1.29 is 4.74 Å². The predicted molar refractivity (Wildman–Crippen MR) is 84.8 cm³/mol. The fourth-order valence-corrected chi connectivity index (χ4v) is 2.89. The summed E-state index contributed by atoms with van der Waals surface area (Å²) in [4.78, 5) is 0. The lowest BCUT2D eigenvalue weighted by atomic mass is 9.91. The Morgan fingerprint density at radius 3 is 2.25 bits per heavy atom. The Balaban J connectivity index is 2.50. The van der Waals surface area contributed by atoms with Crippen LogP contribution < -0.4 is 10.1 Å². The summed E-state index contributed by atoms with van der Waals surface area (Å²) in [5, 5.41) is 4.02. The van der Waals surface area contributed by atoms with Gasteiger partial charge in [0.15, 0.2) is 0 Å². The standard InChI is InChI=1S/C17H20ClNO/c1-11-6-5-7-12(2)16(11)17(19-3)13-8-9-15(20-4)14(18)10-13/h5-10,17,19H,1-4H3. The van der Waals surface area contributed by atoms with Gasteiger partial charge in [0.2, 0.25) is 0 Å². The first-order valence-electron chi connectivity index (χ1n) is 6.65. The van der Waals surface area contributed by atoms with Crippen LogP contribution in [0.15, 0.2) is 36.4 Å². The van der Waals surface area contributed by atoms with Crippen molar-refractivity contribution in [2.45, 2.75) is 19.9 Å². The number of rotatable bonds is 4. The Morgan fingerprint density at radius 1 is 1.10 bits per heavy atom. The number of nitrogens with one attached hydrogen (secondary N) is 1. The zero-order valence-electron chi connectivity index (χ0n) is 12.3. The topological polar surface area (TPSA) is 21.3 Å². The maximum atomic E-state index is 6.24. The Kier molecular flexibility index (Phi) is 4.69. The molecule has 1 N–H and O–H groups in total. The molecule has 0 aliphatic carbocycles. The molecule has 0 amide bonds. The first-order chi connectivity index (χ1) is 9.58. The molecular weight excluding hydrogens is 270 g/mol. The van der Waals surface area contributed by atoms with Gasteiger partial charge in [0.05, 0.1) is 18.2 Å². The second-order valence-corrected chi connectivity index (χ2v) is 5.33. The van der Waals surface area contributed by atoms with Gasteiger partial charge in [-0.05, 0) is 55.3 Å². The van der Waals surface area contributed by atoms with E-state index < -0.39 is 0 Å². The quantitative estimate of drug-likeness (QED) is 0.907. The van der Waals surface area contributed by atoms with Crippen LogP contribution in [0.4, 0.5) is 0 Å². The van der Waals surface area contributed by atoms with Gasteiger partial charge in [-0.1, -0.05) is 35.9 Å². The van der Waals surface area contributed by atoms with Crippen molar-refractivity contribution >= 4 is 11.6 Å². The number of ether oxygens (including phenoxy) is 1. The molecule has 0 fully saturated rings. The number of hydrogen-bond donors (Lipinski definition) is 1. The van der Waals surface area contributed by atoms with Crippen LogP contribution in [0, 0.1) is 13.8 Å². The molecule has 106 valence electrons. The Morgan fingerprint density at radius 2 is 1.75 bits per heavy atom. The van der Waals surface area contributed by atoms with Gasteiger partial charge in [-0.15, -0.1) is 0 Å². The van der Waals surface area contributed by atoms with Crippen LogP contribution in [-0.2, 0) is 0 Å². The molecule has 0 aromatic heterocycles. The largest absolute Gasteiger partial charge is 0.495 e. The zero-order chi connectivity index (χ0) is 14.7. The highest BCUT2D eigenvalue weighted by Crippen LogP contribution is 2.32. The number of aryl methyl sites for hydroxylation is 2. The summed E-state index contributed by atoms with van der Waals surface area (Å²) >= 11 is 6.24. The summed E-state index contributed by atoms with van der Waals surface area (Å²) in [6.45, 7) is 4.27. The summed E-state index contributed by atoms with van der Waals surface area (Å²) in [6, 6.07) is 12.4. The number of benzene rings is 2. The molecule has 20 heavy (non-hydrogen) atoms. The molecule has 0 spiro atoms. The third kappa shape index (κ3) is 2.82. The number of halogens is 1. The molecule has 2 rings (SSSR count). The third-order valence-corrected chi connectivity index (χ3v) is 3.92. The molecule has 0 saturated carbocycles. The minimum atomic E-state index is 0.125. The van der Waals surface area contributed by atoms with Gasteiger partial charge >= 0.3 is 0 Å². The molecule has 2 nitrogen and oxygen atoms in total. The van der Waals surface area contributed by atoms with Crippen LogP contribution in [0.2, 0.25) is 5.02 Å². The Bertz CT molecular complexity index is 590. The average Bonchev–Trinajstić information content (AvgIpc) is 2.43. The minimum Gasteiger partial charge on any atom is -0.495 e. The van der Waals surface area contributed by atoms with E-state index in [0.717, 1.165) is 5.56 Å². The van der Waals surface area contributed by atoms with Crippen molar-refractivity contribution in [1.29, 1.82) is 0 Å². The molecule has 1 atom stereocenters. The van der Waals surface area contributed by atoms with Crippen molar-refractivity contribution in [2.24, 2.45) is 0 Å². The van der Waals surface area contributed by atoms with Gasteiger partial charge in [0, 0.05) is 0 Å². The first kappa shape index (κ1) is 14.9. The minimum absolute atomic E-state index is 0.125. The molecular formula is C17H20ClNO. The van der Waals surface area contributed by atoms with Crippen LogP contribution in [0.3, 0.4) is 0 Å². The SMILES string of the molecule is CNC(c1ccc(OC)c(Cl)c1)c1c(C)cccc1C. The van der Waals surface area contributed by atoms with Crippen molar-refractivity contribution in [1.82, 2.24) is 5.32 Å². The molecule has 3 heteroatoms. The van der Waals surface area contributed by atoms with Gasteiger partial charge in [0.1, 0.15) is 5.75 Å². The molecule has 1 unspecified atom stereocenters. The van der Waals surface area contributed by atoms with Crippen molar-refractivity contribution in [3.63, 3.8) is 0 Å². The normalized spacial score (nSPS) is 12.2. The van der Waals surface area contributed by atoms with Crippen molar-refractivity contribution in [3.8, 4) is 5.75 Å². The van der Waals surface area contributed by atoms with Crippen LogP contribution in [0.1, 0.15) is 28.3 Å². The summed E-state index contributed by atoms with van der Waals surface area (Å²) in [7, 11) is 3.59. The molecule has 0 bridgehead atoms. The highest BCUT2D eigenvalue weighted by Gasteiger charge is 2.17. The van der Waals surface area contributed by atoms with E-state index >= 15 is 0 Å². The van der Waals surface area contributed by atoms with Gasteiger partial charge in [0.25, 0.3) is 0 Å². The lowest BCUT2D eigenvalue weighted by molar-refractivity contribution is 0.414. The molecule has 0 aliphatic heterocycles. The smallest absolute Gasteiger partial charge is 0.137 e. The lowest BCUT2D eigenvalue weighted by Gasteiger charge is -2.22. The van der Waals surface area contributed by atoms with Crippen molar-refractivity contribution in [3.05, 3.63) is 63.7 Å². The maximum Gasteiger partial charge on any atom is 0.137 e. The second-order valence-electron chi connectivity index (χ2n) is 4.92. The number of methoxy groups -OCH3 is 1. The van der Waals surface area contributed by atoms with E-state index in [4.69, 9.17) is 16.3 Å². The molecule has 2 aromatic carbocycles. The predicted octanol–water partition coefficient (Wildman–Crippen LogP) is 4.27. The van der Waals surface area contributed by atoms with Crippen LogP contribution >= 0.6 is 11.6 Å². The van der Waals surface area contributed by atoms with Gasteiger partial charge in [-0.25, -0.2) is 0 Å². The Labute approximate surface area is 125 Å². The first-order valence-corrected chi connectivity index (χ1v) is 7.03. The maximum absolute atomic E-state index is 6.24. The molecule has 0 heterocycles. The third-order valence-electron chi connectivity index (χ3n) is 3.63. The molecule has 0 radical (unpaired) electrons. The highest BCUT2D eigenvalue weighted by molar-refractivity contribution is 6.32. The molecule has 2 aromatic rings. The van der Waals surface area contributed by atoms with Crippen molar-refractivity contribution in [2.75, 3.05) is 14.2 Å². The van der Waals surface area contributed by atoms with E-state index in [1.807, 2.05) is 19.2 Å². The van der Waals surface area contributed by atoms with Gasteiger partial charge < -0.3 is 10.1 Å². The molecule has 0 saturated heterocycles. The fourth-order valence-electron chi connectivity index (χ4n) is 2.62.